The summed E-state index contributed by atoms with van der Waals surface area (Å²) in [4.78, 5) is 11.9. The molecule has 94 valence electrons. The quantitative estimate of drug-likeness (QED) is 0.620. The van der Waals surface area contributed by atoms with Gasteiger partial charge in [-0.2, -0.15) is 4.74 Å². The summed E-state index contributed by atoms with van der Waals surface area (Å²) >= 11 is 0. The maximum absolute atomic E-state index is 12.2. The molecule has 1 amide bonds. The highest BCUT2D eigenvalue weighted by Crippen LogP contribution is 2.17. The summed E-state index contributed by atoms with van der Waals surface area (Å²) in [5.74, 6) is -0.220. The highest BCUT2D eigenvalue weighted by atomic mass is 16.5. The zero-order valence-corrected chi connectivity index (χ0v) is 10.2. The number of nitrogens with zero attached hydrogens (tertiary/aromatic N) is 1. The van der Waals surface area contributed by atoms with E-state index in [2.05, 4.69) is 5.32 Å². The van der Waals surface area contributed by atoms with E-state index in [-0.39, 0.29) is 12.6 Å². The first kappa shape index (κ1) is 11.5. The van der Waals surface area contributed by atoms with Crippen LogP contribution in [0.4, 0.5) is 0 Å². The average Bonchev–Trinajstić information content (AvgIpc) is 2.58. The van der Waals surface area contributed by atoms with Crippen LogP contribution in [0.25, 0.3) is 0 Å². The van der Waals surface area contributed by atoms with E-state index >= 15 is 0 Å². The second-order valence-electron chi connectivity index (χ2n) is 4.30. The molecule has 19 heavy (non-hydrogen) atoms. The second kappa shape index (κ2) is 4.57. The number of hydrogen-bond donors (Lipinski definition) is 1. The van der Waals surface area contributed by atoms with Gasteiger partial charge in [-0.3, -0.25) is 10.1 Å². The number of hydroxylamine groups is 1. The van der Waals surface area contributed by atoms with Crippen molar-refractivity contribution >= 4 is 11.6 Å². The van der Waals surface area contributed by atoms with Crippen molar-refractivity contribution in [3.63, 3.8) is 0 Å². The van der Waals surface area contributed by atoms with E-state index in [9.17, 15) is 10.0 Å². The molecule has 0 bridgehead atoms. The summed E-state index contributed by atoms with van der Waals surface area (Å²) in [5.41, 5.74) is 2.52. The SMILES string of the molecule is O=C1NC[N+]([O-])=C(c2ccccc2)c2ccccc21. The first-order valence-corrected chi connectivity index (χ1v) is 6.02. The standard InChI is InChI=1S/C15H12N2O2/c18-15-13-9-5-4-8-12(13)14(17(19)10-16-15)11-6-2-1-3-7-11/h1-9H,10H2,(H,16,18). The van der Waals surface area contributed by atoms with Crippen LogP contribution in [-0.4, -0.2) is 23.0 Å². The van der Waals surface area contributed by atoms with Gasteiger partial charge in [0, 0.05) is 5.56 Å². The Morgan fingerprint density at radius 1 is 0.947 bits per heavy atom. The van der Waals surface area contributed by atoms with Gasteiger partial charge in [0.05, 0.1) is 11.1 Å². The van der Waals surface area contributed by atoms with Gasteiger partial charge in [0.25, 0.3) is 5.91 Å². The molecular weight excluding hydrogens is 240 g/mol. The fourth-order valence-electron chi connectivity index (χ4n) is 2.24. The minimum absolute atomic E-state index is 0.0439. The summed E-state index contributed by atoms with van der Waals surface area (Å²) in [5, 5.41) is 14.8. The van der Waals surface area contributed by atoms with E-state index < -0.39 is 0 Å². The third-order valence-corrected chi connectivity index (χ3v) is 3.11. The first-order chi connectivity index (χ1) is 9.27. The van der Waals surface area contributed by atoms with Crippen LogP contribution in [0.3, 0.4) is 0 Å². The Balaban J connectivity index is 2.26. The van der Waals surface area contributed by atoms with Crippen LogP contribution < -0.4 is 5.32 Å². The third-order valence-electron chi connectivity index (χ3n) is 3.11. The van der Waals surface area contributed by atoms with E-state index in [0.717, 1.165) is 10.3 Å². The highest BCUT2D eigenvalue weighted by Gasteiger charge is 2.25. The molecule has 0 atom stereocenters. The van der Waals surface area contributed by atoms with E-state index in [1.807, 2.05) is 36.4 Å². The fraction of sp³-hybridized carbons (Fsp3) is 0.0667. The molecule has 0 radical (unpaired) electrons. The molecule has 3 rings (SSSR count). The van der Waals surface area contributed by atoms with Gasteiger partial charge in [0.2, 0.25) is 12.4 Å². The van der Waals surface area contributed by atoms with Gasteiger partial charge in [0.15, 0.2) is 0 Å². The van der Waals surface area contributed by atoms with Crippen LogP contribution >= 0.6 is 0 Å². The lowest BCUT2D eigenvalue weighted by molar-refractivity contribution is -0.459. The molecule has 2 aromatic rings. The molecular formula is C15H12N2O2. The molecule has 0 fully saturated rings. The molecule has 1 heterocycles. The van der Waals surface area contributed by atoms with E-state index in [4.69, 9.17) is 0 Å². The minimum atomic E-state index is -0.220. The zero-order chi connectivity index (χ0) is 13.2. The summed E-state index contributed by atoms with van der Waals surface area (Å²) in [7, 11) is 0. The Kier molecular flexibility index (Phi) is 2.76. The zero-order valence-electron chi connectivity index (χ0n) is 10.2. The Morgan fingerprint density at radius 2 is 1.58 bits per heavy atom. The van der Waals surface area contributed by atoms with Crippen molar-refractivity contribution < 1.29 is 9.53 Å². The third kappa shape index (κ3) is 1.97. The highest BCUT2D eigenvalue weighted by molar-refractivity contribution is 6.16. The number of hydrogen-bond acceptors (Lipinski definition) is 2. The number of fused-ring (bicyclic) bond motifs is 1. The van der Waals surface area contributed by atoms with Crippen molar-refractivity contribution in [2.45, 2.75) is 0 Å². The maximum atomic E-state index is 12.2. The topological polar surface area (TPSA) is 55.2 Å². The van der Waals surface area contributed by atoms with Crippen molar-refractivity contribution in [3.8, 4) is 0 Å². The summed E-state index contributed by atoms with van der Waals surface area (Å²) in [6.07, 6.45) is 0. The van der Waals surface area contributed by atoms with Crippen LogP contribution in [0, 0.1) is 5.21 Å². The van der Waals surface area contributed by atoms with E-state index in [1.165, 1.54) is 0 Å². The normalized spacial score (nSPS) is 14.6. The fourth-order valence-corrected chi connectivity index (χ4v) is 2.24. The maximum Gasteiger partial charge on any atom is 0.256 e. The van der Waals surface area contributed by atoms with Crippen molar-refractivity contribution in [3.05, 3.63) is 76.5 Å². The molecule has 0 unspecified atom stereocenters. The number of nitrogens with one attached hydrogen (secondary N) is 1. The van der Waals surface area contributed by atoms with Gasteiger partial charge in [-0.15, -0.1) is 0 Å². The molecule has 0 aliphatic carbocycles. The van der Waals surface area contributed by atoms with Crippen LogP contribution in [-0.2, 0) is 0 Å². The Morgan fingerprint density at radius 3 is 2.32 bits per heavy atom. The van der Waals surface area contributed by atoms with Crippen LogP contribution in [0.1, 0.15) is 21.5 Å². The van der Waals surface area contributed by atoms with Crippen LogP contribution in [0.2, 0.25) is 0 Å². The van der Waals surface area contributed by atoms with Gasteiger partial charge in [-0.05, 0) is 24.3 Å². The number of rotatable bonds is 1. The molecule has 1 aliphatic heterocycles. The van der Waals surface area contributed by atoms with Crippen molar-refractivity contribution in [2.75, 3.05) is 6.67 Å². The van der Waals surface area contributed by atoms with Gasteiger partial charge < -0.3 is 5.21 Å². The van der Waals surface area contributed by atoms with Crippen molar-refractivity contribution in [1.29, 1.82) is 0 Å². The Labute approximate surface area is 110 Å². The van der Waals surface area contributed by atoms with Crippen LogP contribution in [0.15, 0.2) is 54.6 Å². The number of carbonyl (C=O) groups is 1. The molecule has 0 spiro atoms. The molecule has 0 aromatic heterocycles. The van der Waals surface area contributed by atoms with Crippen LogP contribution in [0.5, 0.6) is 0 Å². The monoisotopic (exact) mass is 252 g/mol. The smallest absolute Gasteiger partial charge is 0.256 e. The summed E-state index contributed by atoms with van der Waals surface area (Å²) in [6, 6.07) is 16.5. The van der Waals surface area contributed by atoms with Gasteiger partial charge in [-0.25, -0.2) is 0 Å². The lowest BCUT2D eigenvalue weighted by atomic mass is 9.97. The lowest BCUT2D eigenvalue weighted by Gasteiger charge is -2.09. The summed E-state index contributed by atoms with van der Waals surface area (Å²) < 4.78 is 0.819. The molecule has 0 saturated heterocycles. The molecule has 2 aromatic carbocycles. The molecule has 4 nitrogen and oxygen atoms in total. The molecule has 4 heteroatoms. The molecule has 1 aliphatic rings. The largest absolute Gasteiger partial charge is 0.622 e. The predicted octanol–water partition coefficient (Wildman–Crippen LogP) is 1.74. The van der Waals surface area contributed by atoms with Gasteiger partial charge in [-0.1, -0.05) is 30.3 Å². The van der Waals surface area contributed by atoms with E-state index in [0.29, 0.717) is 16.8 Å². The van der Waals surface area contributed by atoms with Gasteiger partial charge in [0.1, 0.15) is 0 Å². The molecule has 1 N–H and O–H groups in total. The Bertz CT molecular complexity index is 663. The molecule has 0 saturated carbocycles. The number of benzene rings is 2. The average molecular weight is 252 g/mol. The number of carbonyl (C=O) groups excluding carboxylic acids is 1. The predicted molar refractivity (Wildman–Crippen MR) is 72.1 cm³/mol. The summed E-state index contributed by atoms with van der Waals surface area (Å²) in [6.45, 7) is -0.0439. The minimum Gasteiger partial charge on any atom is -0.622 e. The first-order valence-electron chi connectivity index (χ1n) is 6.02. The lowest BCUT2D eigenvalue weighted by Crippen LogP contribution is -2.28. The Hall–Kier alpha value is -2.62. The second-order valence-corrected chi connectivity index (χ2v) is 4.30. The van der Waals surface area contributed by atoms with Gasteiger partial charge >= 0.3 is 0 Å². The van der Waals surface area contributed by atoms with E-state index in [1.54, 1.807) is 18.2 Å². The van der Waals surface area contributed by atoms with Crippen molar-refractivity contribution in [2.24, 2.45) is 0 Å². The van der Waals surface area contributed by atoms with Crippen molar-refractivity contribution in [1.82, 2.24) is 5.32 Å². The number of amides is 1.